The molecule has 2 aromatic rings. The maximum absolute atomic E-state index is 14.2. The Morgan fingerprint density at radius 1 is 1.26 bits per heavy atom. The molecule has 0 aliphatic rings. The first-order chi connectivity index (χ1) is 8.97. The van der Waals surface area contributed by atoms with Crippen LogP contribution in [0.2, 0.25) is 0 Å². The second kappa shape index (κ2) is 5.53. The maximum Gasteiger partial charge on any atom is 0.149 e. The van der Waals surface area contributed by atoms with Crippen LogP contribution in [0.4, 0.5) is 4.39 Å². The molecule has 2 rings (SSSR count). The second-order valence-electron chi connectivity index (χ2n) is 5.16. The third kappa shape index (κ3) is 3.20. The van der Waals surface area contributed by atoms with E-state index in [0.29, 0.717) is 18.3 Å². The van der Waals surface area contributed by atoms with E-state index < -0.39 is 0 Å². The van der Waals surface area contributed by atoms with Crippen LogP contribution in [0.3, 0.4) is 0 Å². The average Bonchev–Trinajstić information content (AvgIpc) is 2.66. The van der Waals surface area contributed by atoms with Crippen molar-refractivity contribution in [3.63, 3.8) is 0 Å². The summed E-state index contributed by atoms with van der Waals surface area (Å²) in [6.07, 6.45) is 0. The summed E-state index contributed by atoms with van der Waals surface area (Å²) in [6.45, 7) is 8.64. The fraction of sp³-hybridized carbons (Fsp3) is 0.400. The van der Waals surface area contributed by atoms with Crippen LogP contribution >= 0.6 is 0 Å². The molecule has 0 saturated carbocycles. The van der Waals surface area contributed by atoms with Gasteiger partial charge in [-0.05, 0) is 37.6 Å². The van der Waals surface area contributed by atoms with Crippen molar-refractivity contribution in [1.82, 2.24) is 15.1 Å². The van der Waals surface area contributed by atoms with Gasteiger partial charge >= 0.3 is 0 Å². The number of benzene rings is 1. The molecule has 0 unspecified atom stereocenters. The Morgan fingerprint density at radius 3 is 2.53 bits per heavy atom. The number of aromatic nitrogens is 2. The van der Waals surface area contributed by atoms with E-state index in [1.165, 1.54) is 0 Å². The first-order valence-electron chi connectivity index (χ1n) is 6.53. The smallest absolute Gasteiger partial charge is 0.149 e. The van der Waals surface area contributed by atoms with Crippen molar-refractivity contribution >= 4 is 0 Å². The molecule has 0 saturated heterocycles. The molecule has 1 N–H and O–H groups in total. The zero-order chi connectivity index (χ0) is 14.0. The van der Waals surface area contributed by atoms with Gasteiger partial charge in [0.2, 0.25) is 0 Å². The van der Waals surface area contributed by atoms with Crippen LogP contribution in [0.15, 0.2) is 24.3 Å². The van der Waals surface area contributed by atoms with E-state index in [9.17, 15) is 4.39 Å². The van der Waals surface area contributed by atoms with Crippen molar-refractivity contribution in [3.8, 4) is 5.69 Å². The second-order valence-corrected chi connectivity index (χ2v) is 5.16. The van der Waals surface area contributed by atoms with E-state index in [4.69, 9.17) is 0 Å². The molecular weight excluding hydrogens is 241 g/mol. The summed E-state index contributed by atoms with van der Waals surface area (Å²) >= 11 is 0. The standard InChI is InChI=1S/C15H20FN3/c1-10(2)17-9-13-5-6-15(14(16)8-13)19-12(4)7-11(3)18-19/h5-8,10,17H,9H2,1-4H3. The molecule has 0 radical (unpaired) electrons. The van der Waals surface area contributed by atoms with Gasteiger partial charge in [0.25, 0.3) is 0 Å². The Labute approximate surface area is 113 Å². The van der Waals surface area contributed by atoms with Gasteiger partial charge in [-0.15, -0.1) is 0 Å². The summed E-state index contributed by atoms with van der Waals surface area (Å²) in [5, 5.41) is 7.58. The minimum Gasteiger partial charge on any atom is -0.310 e. The molecule has 102 valence electrons. The SMILES string of the molecule is Cc1cc(C)n(-c2ccc(CNC(C)C)cc2F)n1. The van der Waals surface area contributed by atoms with Crippen molar-refractivity contribution < 1.29 is 4.39 Å². The number of rotatable bonds is 4. The van der Waals surface area contributed by atoms with Gasteiger partial charge in [-0.1, -0.05) is 19.9 Å². The lowest BCUT2D eigenvalue weighted by molar-refractivity contribution is 0.577. The van der Waals surface area contributed by atoms with Crippen LogP contribution in [-0.4, -0.2) is 15.8 Å². The lowest BCUT2D eigenvalue weighted by Gasteiger charge is -2.10. The summed E-state index contributed by atoms with van der Waals surface area (Å²) in [5.41, 5.74) is 3.27. The van der Waals surface area contributed by atoms with Gasteiger partial charge in [0.05, 0.1) is 5.69 Å². The predicted octanol–water partition coefficient (Wildman–Crippen LogP) is 3.13. The van der Waals surface area contributed by atoms with Gasteiger partial charge in [0.1, 0.15) is 11.5 Å². The molecule has 3 nitrogen and oxygen atoms in total. The molecule has 0 aliphatic heterocycles. The average molecular weight is 261 g/mol. The van der Waals surface area contributed by atoms with E-state index in [1.54, 1.807) is 16.8 Å². The number of halogens is 1. The molecule has 1 aromatic heterocycles. The summed E-state index contributed by atoms with van der Waals surface area (Å²) < 4.78 is 15.8. The summed E-state index contributed by atoms with van der Waals surface area (Å²) in [6, 6.07) is 7.62. The van der Waals surface area contributed by atoms with E-state index in [-0.39, 0.29) is 5.82 Å². The van der Waals surface area contributed by atoms with Crippen molar-refractivity contribution in [2.75, 3.05) is 0 Å². The van der Waals surface area contributed by atoms with Gasteiger partial charge in [-0.25, -0.2) is 9.07 Å². The largest absolute Gasteiger partial charge is 0.310 e. The highest BCUT2D eigenvalue weighted by molar-refractivity contribution is 5.37. The van der Waals surface area contributed by atoms with Crippen LogP contribution in [0, 0.1) is 19.7 Å². The monoisotopic (exact) mass is 261 g/mol. The highest BCUT2D eigenvalue weighted by atomic mass is 19.1. The quantitative estimate of drug-likeness (QED) is 0.916. The third-order valence-electron chi connectivity index (χ3n) is 2.96. The topological polar surface area (TPSA) is 29.9 Å². The van der Waals surface area contributed by atoms with Crippen molar-refractivity contribution in [3.05, 3.63) is 47.0 Å². The van der Waals surface area contributed by atoms with Crippen LogP contribution in [0.25, 0.3) is 5.69 Å². The molecular formula is C15H20FN3. The first-order valence-corrected chi connectivity index (χ1v) is 6.53. The zero-order valence-electron chi connectivity index (χ0n) is 11.9. The van der Waals surface area contributed by atoms with Crippen molar-refractivity contribution in [2.45, 2.75) is 40.3 Å². The molecule has 1 heterocycles. The molecule has 4 heteroatoms. The summed E-state index contributed by atoms with van der Waals surface area (Å²) in [7, 11) is 0. The summed E-state index contributed by atoms with van der Waals surface area (Å²) in [5.74, 6) is -0.241. The van der Waals surface area contributed by atoms with Crippen molar-refractivity contribution in [2.24, 2.45) is 0 Å². The highest BCUT2D eigenvalue weighted by Crippen LogP contribution is 2.17. The predicted molar refractivity (Wildman–Crippen MR) is 75.0 cm³/mol. The first kappa shape index (κ1) is 13.7. The molecule has 19 heavy (non-hydrogen) atoms. The van der Waals surface area contributed by atoms with Gasteiger partial charge in [0.15, 0.2) is 0 Å². The van der Waals surface area contributed by atoms with Crippen LogP contribution in [0.1, 0.15) is 30.8 Å². The Hall–Kier alpha value is -1.68. The van der Waals surface area contributed by atoms with Crippen LogP contribution in [0.5, 0.6) is 0 Å². The lowest BCUT2D eigenvalue weighted by atomic mass is 10.2. The van der Waals surface area contributed by atoms with Crippen molar-refractivity contribution in [1.29, 1.82) is 0 Å². The maximum atomic E-state index is 14.2. The van der Waals surface area contributed by atoms with E-state index in [0.717, 1.165) is 17.0 Å². The van der Waals surface area contributed by atoms with Gasteiger partial charge in [-0.3, -0.25) is 0 Å². The Kier molecular flexibility index (Phi) is 4.00. The molecule has 0 amide bonds. The Morgan fingerprint density at radius 2 is 2.00 bits per heavy atom. The Bertz CT molecular complexity index is 573. The molecule has 0 aliphatic carbocycles. The van der Waals surface area contributed by atoms with Gasteiger partial charge in [-0.2, -0.15) is 5.10 Å². The van der Waals surface area contributed by atoms with E-state index in [1.807, 2.05) is 26.0 Å². The highest BCUT2D eigenvalue weighted by Gasteiger charge is 2.09. The normalized spacial score (nSPS) is 11.3. The van der Waals surface area contributed by atoms with Gasteiger partial charge < -0.3 is 5.32 Å². The molecule has 0 bridgehead atoms. The number of nitrogens with one attached hydrogen (secondary N) is 1. The fourth-order valence-electron chi connectivity index (χ4n) is 2.03. The number of hydrogen-bond acceptors (Lipinski definition) is 2. The zero-order valence-corrected chi connectivity index (χ0v) is 11.9. The molecule has 0 atom stereocenters. The Balaban J connectivity index is 2.27. The molecule has 0 fully saturated rings. The number of nitrogens with zero attached hydrogens (tertiary/aromatic N) is 2. The van der Waals surface area contributed by atoms with Gasteiger partial charge in [0, 0.05) is 18.3 Å². The number of hydrogen-bond donors (Lipinski definition) is 1. The minimum atomic E-state index is -0.241. The van der Waals surface area contributed by atoms with Crippen LogP contribution < -0.4 is 5.32 Å². The van der Waals surface area contributed by atoms with Crippen LogP contribution in [-0.2, 0) is 6.54 Å². The number of aryl methyl sites for hydroxylation is 2. The minimum absolute atomic E-state index is 0.241. The van der Waals surface area contributed by atoms with E-state index >= 15 is 0 Å². The summed E-state index contributed by atoms with van der Waals surface area (Å²) in [4.78, 5) is 0. The van der Waals surface area contributed by atoms with E-state index in [2.05, 4.69) is 24.3 Å². The fourth-order valence-corrected chi connectivity index (χ4v) is 2.03. The molecule has 1 aromatic carbocycles. The lowest BCUT2D eigenvalue weighted by Crippen LogP contribution is -2.21. The third-order valence-corrected chi connectivity index (χ3v) is 2.96. The molecule has 0 spiro atoms.